The Morgan fingerprint density at radius 2 is 1.89 bits per heavy atom. The van der Waals surface area contributed by atoms with Crippen molar-refractivity contribution >= 4 is 28.5 Å². The van der Waals surface area contributed by atoms with Crippen LogP contribution in [0.1, 0.15) is 31.5 Å². The lowest BCUT2D eigenvalue weighted by atomic mass is 9.81. The van der Waals surface area contributed by atoms with Crippen molar-refractivity contribution in [1.82, 2.24) is 9.36 Å². The maximum atomic E-state index is 11.9. The van der Waals surface area contributed by atoms with Gasteiger partial charge in [0.15, 0.2) is 0 Å². The van der Waals surface area contributed by atoms with Gasteiger partial charge in [-0.05, 0) is 32.6 Å². The van der Waals surface area contributed by atoms with Crippen molar-refractivity contribution in [2.45, 2.75) is 32.6 Å². The predicted octanol–water partition coefficient (Wildman–Crippen LogP) is 1.68. The van der Waals surface area contributed by atoms with Gasteiger partial charge in [-0.25, -0.2) is 4.98 Å². The lowest BCUT2D eigenvalue weighted by molar-refractivity contribution is -0.143. The number of carbonyl (C=O) groups excluding carboxylic acids is 1. The van der Waals surface area contributed by atoms with Gasteiger partial charge < -0.3 is 10.4 Å². The first kappa shape index (κ1) is 12.9. The normalized spacial score (nSPS) is 23.6. The molecule has 7 heteroatoms. The van der Waals surface area contributed by atoms with Crippen LogP contribution in [0.15, 0.2) is 0 Å². The fraction of sp³-hybridized carbons (Fsp3) is 0.636. The third-order valence-electron chi connectivity index (χ3n) is 3.20. The first-order valence-electron chi connectivity index (χ1n) is 5.90. The fourth-order valence-corrected chi connectivity index (χ4v) is 2.74. The summed E-state index contributed by atoms with van der Waals surface area (Å²) >= 11 is 1.16. The Kier molecular flexibility index (Phi) is 3.90. The zero-order valence-corrected chi connectivity index (χ0v) is 10.9. The van der Waals surface area contributed by atoms with Crippen LogP contribution in [0.5, 0.6) is 0 Å². The van der Waals surface area contributed by atoms with Crippen molar-refractivity contribution in [3.8, 4) is 0 Å². The summed E-state index contributed by atoms with van der Waals surface area (Å²) in [6.07, 6.45) is 2.40. The molecule has 0 aliphatic heterocycles. The number of rotatable bonds is 3. The van der Waals surface area contributed by atoms with Crippen LogP contribution in [0.25, 0.3) is 0 Å². The second-order valence-electron chi connectivity index (χ2n) is 4.52. The van der Waals surface area contributed by atoms with Gasteiger partial charge in [0.25, 0.3) is 0 Å². The lowest BCUT2D eigenvalue weighted by Crippen LogP contribution is -2.29. The Morgan fingerprint density at radius 1 is 1.28 bits per heavy atom. The Balaban J connectivity index is 1.86. The number of carboxylic acids is 1. The molecule has 2 N–H and O–H groups in total. The monoisotopic (exact) mass is 269 g/mol. The summed E-state index contributed by atoms with van der Waals surface area (Å²) in [5.41, 5.74) is 0. The topological polar surface area (TPSA) is 92.2 Å². The van der Waals surface area contributed by atoms with Crippen molar-refractivity contribution in [1.29, 1.82) is 0 Å². The highest BCUT2D eigenvalue weighted by Gasteiger charge is 2.30. The number of aromatic nitrogens is 2. The van der Waals surface area contributed by atoms with Crippen LogP contribution < -0.4 is 5.32 Å². The first-order chi connectivity index (χ1) is 8.56. The largest absolute Gasteiger partial charge is 0.481 e. The van der Waals surface area contributed by atoms with Gasteiger partial charge in [0.2, 0.25) is 11.0 Å². The van der Waals surface area contributed by atoms with Gasteiger partial charge in [-0.1, -0.05) is 0 Å². The van der Waals surface area contributed by atoms with E-state index in [2.05, 4.69) is 14.7 Å². The van der Waals surface area contributed by atoms with Crippen molar-refractivity contribution in [2.24, 2.45) is 11.8 Å². The van der Waals surface area contributed by atoms with Crippen LogP contribution in [0, 0.1) is 18.8 Å². The quantitative estimate of drug-likeness (QED) is 0.870. The zero-order valence-electron chi connectivity index (χ0n) is 10.0. The molecule has 1 aromatic heterocycles. The maximum absolute atomic E-state index is 11.9. The molecule has 1 amide bonds. The molecule has 1 heterocycles. The third-order valence-corrected chi connectivity index (χ3v) is 3.93. The molecule has 1 aromatic rings. The second-order valence-corrected chi connectivity index (χ2v) is 5.27. The zero-order chi connectivity index (χ0) is 13.1. The van der Waals surface area contributed by atoms with Gasteiger partial charge in [-0.3, -0.25) is 9.59 Å². The molecule has 0 atom stereocenters. The number of hydrogen-bond donors (Lipinski definition) is 2. The Hall–Kier alpha value is -1.50. The van der Waals surface area contributed by atoms with E-state index in [0.29, 0.717) is 36.6 Å². The molecule has 0 saturated heterocycles. The molecule has 98 valence electrons. The molecule has 1 aliphatic carbocycles. The summed E-state index contributed by atoms with van der Waals surface area (Å²) in [7, 11) is 0. The van der Waals surface area contributed by atoms with E-state index in [1.165, 1.54) is 0 Å². The molecule has 6 nitrogen and oxygen atoms in total. The number of nitrogens with one attached hydrogen (secondary N) is 1. The summed E-state index contributed by atoms with van der Waals surface area (Å²) in [5.74, 6) is -0.587. The Bertz CT molecular complexity index is 452. The number of anilines is 1. The van der Waals surface area contributed by atoms with Gasteiger partial charge in [0, 0.05) is 17.5 Å². The summed E-state index contributed by atoms with van der Waals surface area (Å²) in [6, 6.07) is 0. The van der Waals surface area contributed by atoms with Crippen molar-refractivity contribution in [2.75, 3.05) is 5.32 Å². The van der Waals surface area contributed by atoms with E-state index in [4.69, 9.17) is 5.11 Å². The molecule has 18 heavy (non-hydrogen) atoms. The molecule has 0 unspecified atom stereocenters. The molecule has 0 spiro atoms. The highest BCUT2D eigenvalue weighted by molar-refractivity contribution is 7.09. The maximum Gasteiger partial charge on any atom is 0.306 e. The van der Waals surface area contributed by atoms with Crippen LogP contribution in [-0.4, -0.2) is 26.3 Å². The number of hydrogen-bond acceptors (Lipinski definition) is 5. The summed E-state index contributed by atoms with van der Waals surface area (Å²) in [4.78, 5) is 26.8. The van der Waals surface area contributed by atoms with Crippen LogP contribution in [0.3, 0.4) is 0 Å². The molecule has 1 saturated carbocycles. The minimum absolute atomic E-state index is 0.0741. The van der Waals surface area contributed by atoms with Crippen LogP contribution in [0.4, 0.5) is 5.13 Å². The number of amides is 1. The summed E-state index contributed by atoms with van der Waals surface area (Å²) in [5, 5.41) is 12.1. The molecule has 1 fully saturated rings. The third kappa shape index (κ3) is 3.04. The van der Waals surface area contributed by atoms with Gasteiger partial charge >= 0.3 is 5.97 Å². The number of carbonyl (C=O) groups is 2. The molecule has 0 aromatic carbocycles. The minimum Gasteiger partial charge on any atom is -0.481 e. The molecule has 2 rings (SSSR count). The number of carboxylic acid groups (broad SMARTS) is 1. The van der Waals surface area contributed by atoms with E-state index in [9.17, 15) is 9.59 Å². The van der Waals surface area contributed by atoms with Crippen molar-refractivity contribution in [3.63, 3.8) is 0 Å². The van der Waals surface area contributed by atoms with Gasteiger partial charge in [-0.15, -0.1) is 0 Å². The molecule has 0 radical (unpaired) electrons. The molecule has 1 aliphatic rings. The predicted molar refractivity (Wildman–Crippen MR) is 66.4 cm³/mol. The first-order valence-corrected chi connectivity index (χ1v) is 6.67. The average Bonchev–Trinajstić information content (AvgIpc) is 2.75. The van der Waals surface area contributed by atoms with Gasteiger partial charge in [0.1, 0.15) is 5.82 Å². The van der Waals surface area contributed by atoms with Gasteiger partial charge in [-0.2, -0.15) is 4.37 Å². The Labute approximate surface area is 109 Å². The van der Waals surface area contributed by atoms with E-state index < -0.39 is 5.97 Å². The smallest absolute Gasteiger partial charge is 0.306 e. The van der Waals surface area contributed by atoms with Crippen LogP contribution in [0.2, 0.25) is 0 Å². The molecule has 0 bridgehead atoms. The van der Waals surface area contributed by atoms with E-state index in [1.807, 2.05) is 0 Å². The van der Waals surface area contributed by atoms with Crippen LogP contribution >= 0.6 is 11.5 Å². The van der Waals surface area contributed by atoms with Crippen molar-refractivity contribution in [3.05, 3.63) is 5.82 Å². The number of nitrogens with zero attached hydrogens (tertiary/aromatic N) is 2. The Morgan fingerprint density at radius 3 is 2.39 bits per heavy atom. The highest BCUT2D eigenvalue weighted by atomic mass is 32.1. The van der Waals surface area contributed by atoms with Crippen molar-refractivity contribution < 1.29 is 14.7 Å². The second kappa shape index (κ2) is 5.43. The summed E-state index contributed by atoms with van der Waals surface area (Å²) in [6.45, 7) is 1.77. The van der Waals surface area contributed by atoms with Gasteiger partial charge in [0.05, 0.1) is 5.92 Å². The average molecular weight is 269 g/mol. The fourth-order valence-electron chi connectivity index (χ4n) is 2.16. The minimum atomic E-state index is -0.756. The standard InChI is InChI=1S/C11H15N3O3S/c1-6-12-11(18-14-6)13-9(15)7-2-4-8(5-3-7)10(16)17/h7-8H,2-5H2,1H3,(H,16,17)(H,12,13,14,15). The molecular weight excluding hydrogens is 254 g/mol. The van der Waals surface area contributed by atoms with E-state index in [0.717, 1.165) is 11.5 Å². The summed E-state index contributed by atoms with van der Waals surface area (Å²) < 4.78 is 3.99. The number of aliphatic carboxylic acids is 1. The van der Waals surface area contributed by atoms with E-state index in [1.54, 1.807) is 6.92 Å². The van der Waals surface area contributed by atoms with Crippen LogP contribution in [-0.2, 0) is 9.59 Å². The number of aryl methyl sites for hydroxylation is 1. The lowest BCUT2D eigenvalue weighted by Gasteiger charge is -2.24. The van der Waals surface area contributed by atoms with E-state index >= 15 is 0 Å². The molecular formula is C11H15N3O3S. The van der Waals surface area contributed by atoms with E-state index in [-0.39, 0.29) is 17.7 Å². The highest BCUT2D eigenvalue weighted by Crippen LogP contribution is 2.29. The SMILES string of the molecule is Cc1nsc(NC(=O)C2CCC(C(=O)O)CC2)n1.